The number of aryl methyl sites for hydroxylation is 2. The summed E-state index contributed by atoms with van der Waals surface area (Å²) in [5, 5.41) is 2.81. The largest absolute Gasteiger partial charge is 0.435 e. The lowest BCUT2D eigenvalue weighted by Gasteiger charge is -2.17. The average Bonchev–Trinajstić information content (AvgIpc) is 2.66. The smallest absolute Gasteiger partial charge is 0.387 e. The second kappa shape index (κ2) is 8.74. The molecule has 3 rings (SSSR count). The zero-order valence-electron chi connectivity index (χ0n) is 15.8. The van der Waals surface area contributed by atoms with Gasteiger partial charge >= 0.3 is 12.2 Å². The van der Waals surface area contributed by atoms with Gasteiger partial charge in [-0.05, 0) is 54.8 Å². The van der Waals surface area contributed by atoms with E-state index in [2.05, 4.69) is 15.0 Å². The summed E-state index contributed by atoms with van der Waals surface area (Å²) in [6, 6.07) is 6.97. The van der Waals surface area contributed by atoms with Gasteiger partial charge in [0.1, 0.15) is 11.6 Å². The minimum absolute atomic E-state index is 0.00637. The van der Waals surface area contributed by atoms with E-state index in [1.54, 1.807) is 19.9 Å². The molecule has 1 aromatic heterocycles. The maximum atomic E-state index is 13.9. The van der Waals surface area contributed by atoms with Crippen molar-refractivity contribution >= 4 is 23.2 Å². The number of hydrogen-bond acceptors (Lipinski definition) is 4. The molecule has 0 aliphatic carbocycles. The number of nitrogens with zero attached hydrogens (tertiary/aromatic N) is 2. The van der Waals surface area contributed by atoms with Crippen molar-refractivity contribution in [1.29, 1.82) is 0 Å². The van der Waals surface area contributed by atoms with E-state index in [9.17, 15) is 22.4 Å². The van der Waals surface area contributed by atoms with Crippen LogP contribution in [0.5, 0.6) is 5.75 Å². The molecule has 0 atom stereocenters. The topological polar surface area (TPSA) is 56.1 Å². The summed E-state index contributed by atoms with van der Waals surface area (Å²) in [6.45, 7) is 0.296. The summed E-state index contributed by atoms with van der Waals surface area (Å²) in [4.78, 5) is 15.5. The van der Waals surface area contributed by atoms with E-state index in [4.69, 9.17) is 11.6 Å². The molecule has 5 nitrogen and oxygen atoms in total. The fourth-order valence-electron chi connectivity index (χ4n) is 2.79. The first kappa shape index (κ1) is 21.6. The van der Waals surface area contributed by atoms with Crippen LogP contribution >= 0.6 is 11.6 Å². The molecule has 10 heteroatoms. The molecule has 0 radical (unpaired) electrons. The maximum absolute atomic E-state index is 13.9. The third-order valence-electron chi connectivity index (χ3n) is 4.27. The Morgan fingerprint density at radius 1 is 1.13 bits per heavy atom. The zero-order chi connectivity index (χ0) is 22.0. The van der Waals surface area contributed by atoms with Gasteiger partial charge < -0.3 is 14.6 Å². The quantitative estimate of drug-likeness (QED) is 0.535. The highest BCUT2D eigenvalue weighted by Gasteiger charge is 2.14. The normalized spacial score (nSPS) is 11.1. The van der Waals surface area contributed by atoms with Crippen molar-refractivity contribution < 1.29 is 22.3 Å². The highest BCUT2D eigenvalue weighted by atomic mass is 35.5. The van der Waals surface area contributed by atoms with Crippen molar-refractivity contribution in [3.63, 3.8) is 0 Å². The molecule has 0 saturated heterocycles. The van der Waals surface area contributed by atoms with Crippen LogP contribution in [0.15, 0.2) is 41.3 Å². The monoisotopic (exact) mass is 441 g/mol. The van der Waals surface area contributed by atoms with E-state index >= 15 is 0 Å². The molecule has 0 bridgehead atoms. The molecule has 158 valence electrons. The van der Waals surface area contributed by atoms with Gasteiger partial charge in [0.2, 0.25) is 11.8 Å². The van der Waals surface area contributed by atoms with Crippen LogP contribution in [0.2, 0.25) is 5.02 Å². The molecule has 3 aromatic rings. The van der Waals surface area contributed by atoms with E-state index in [-0.39, 0.29) is 23.3 Å². The SMILES string of the molecule is Cc1cc(OC(F)F)c(C)cc1Nc1nc(=O)c(F)cn1Cc1ccc(F)c(Cl)c1. The highest BCUT2D eigenvalue weighted by molar-refractivity contribution is 6.30. The standard InChI is InChI=1S/C20H16ClF4N3O2/c1-10-6-17(30-19(24)25)11(2)5-16(10)26-20-27-18(29)15(23)9-28(20)8-12-3-4-14(22)13(21)7-12/h3-7,9,19H,8H2,1-2H3,(H,26,27,29). The van der Waals surface area contributed by atoms with Gasteiger partial charge in [0.05, 0.1) is 11.6 Å². The Bertz CT molecular complexity index is 1150. The van der Waals surface area contributed by atoms with E-state index in [0.29, 0.717) is 22.4 Å². The summed E-state index contributed by atoms with van der Waals surface area (Å²) >= 11 is 5.79. The van der Waals surface area contributed by atoms with Gasteiger partial charge in [-0.1, -0.05) is 17.7 Å². The van der Waals surface area contributed by atoms with Crippen LogP contribution in [0.25, 0.3) is 0 Å². The van der Waals surface area contributed by atoms with Crippen LogP contribution in [-0.2, 0) is 6.54 Å². The van der Waals surface area contributed by atoms with Crippen LogP contribution in [-0.4, -0.2) is 16.2 Å². The van der Waals surface area contributed by atoms with Crippen LogP contribution in [0.3, 0.4) is 0 Å². The van der Waals surface area contributed by atoms with Crippen LogP contribution in [0.1, 0.15) is 16.7 Å². The van der Waals surface area contributed by atoms with Gasteiger partial charge in [-0.25, -0.2) is 4.39 Å². The zero-order valence-corrected chi connectivity index (χ0v) is 16.6. The Labute approximate surface area is 173 Å². The van der Waals surface area contributed by atoms with Crippen LogP contribution < -0.4 is 15.6 Å². The fourth-order valence-corrected chi connectivity index (χ4v) is 2.99. The number of hydrogen-bond donors (Lipinski definition) is 1. The number of halogens is 5. The summed E-state index contributed by atoms with van der Waals surface area (Å²) < 4.78 is 58.1. The Morgan fingerprint density at radius 3 is 2.53 bits per heavy atom. The van der Waals surface area contributed by atoms with Gasteiger partial charge in [0.25, 0.3) is 0 Å². The van der Waals surface area contributed by atoms with Gasteiger partial charge in [-0.2, -0.15) is 18.2 Å². The molecular formula is C20H16ClF4N3O2. The van der Waals surface area contributed by atoms with E-state index in [0.717, 1.165) is 6.20 Å². The predicted octanol–water partition coefficient (Wildman–Crippen LogP) is 5.19. The van der Waals surface area contributed by atoms with Crippen LogP contribution in [0, 0.1) is 25.5 Å². The van der Waals surface area contributed by atoms with Crippen molar-refractivity contribution in [2.24, 2.45) is 0 Å². The van der Waals surface area contributed by atoms with Gasteiger partial charge in [0, 0.05) is 11.9 Å². The Balaban J connectivity index is 1.98. The summed E-state index contributed by atoms with van der Waals surface area (Å²) in [6.07, 6.45) is 0.964. The Hall–Kier alpha value is -3.07. The summed E-state index contributed by atoms with van der Waals surface area (Å²) in [5.74, 6) is -1.65. The molecule has 0 spiro atoms. The molecule has 0 saturated carbocycles. The number of aromatic nitrogens is 2. The Morgan fingerprint density at radius 2 is 1.87 bits per heavy atom. The number of benzene rings is 2. The number of alkyl halides is 2. The van der Waals surface area contributed by atoms with Crippen molar-refractivity contribution in [2.75, 3.05) is 5.32 Å². The molecule has 1 heterocycles. The lowest BCUT2D eigenvalue weighted by Crippen LogP contribution is -2.20. The molecule has 1 N–H and O–H groups in total. The summed E-state index contributed by atoms with van der Waals surface area (Å²) in [7, 11) is 0. The predicted molar refractivity (Wildman–Crippen MR) is 105 cm³/mol. The second-order valence-corrected chi connectivity index (χ2v) is 6.94. The third kappa shape index (κ3) is 4.91. The molecule has 0 fully saturated rings. The van der Waals surface area contributed by atoms with Crippen molar-refractivity contribution in [3.8, 4) is 5.75 Å². The first-order valence-electron chi connectivity index (χ1n) is 8.68. The number of nitrogens with one attached hydrogen (secondary N) is 1. The third-order valence-corrected chi connectivity index (χ3v) is 4.56. The van der Waals surface area contributed by atoms with Crippen molar-refractivity contribution in [3.05, 3.63) is 80.2 Å². The van der Waals surface area contributed by atoms with E-state index in [1.165, 1.54) is 28.8 Å². The van der Waals surface area contributed by atoms with Gasteiger partial charge in [-0.3, -0.25) is 4.79 Å². The van der Waals surface area contributed by atoms with E-state index < -0.39 is 23.8 Å². The number of ether oxygens (including phenoxy) is 1. The Kier molecular flexibility index (Phi) is 6.31. The maximum Gasteiger partial charge on any atom is 0.387 e. The number of rotatable bonds is 6. The average molecular weight is 442 g/mol. The molecule has 0 amide bonds. The molecule has 0 aliphatic heterocycles. The lowest BCUT2D eigenvalue weighted by atomic mass is 10.1. The van der Waals surface area contributed by atoms with Gasteiger partial charge in [-0.15, -0.1) is 0 Å². The molecule has 30 heavy (non-hydrogen) atoms. The minimum Gasteiger partial charge on any atom is -0.435 e. The van der Waals surface area contributed by atoms with E-state index in [1.807, 2.05) is 0 Å². The highest BCUT2D eigenvalue weighted by Crippen LogP contribution is 2.29. The molecular weight excluding hydrogens is 426 g/mol. The van der Waals surface area contributed by atoms with Crippen LogP contribution in [0.4, 0.5) is 29.2 Å². The first-order valence-corrected chi connectivity index (χ1v) is 9.06. The molecule has 2 aromatic carbocycles. The lowest BCUT2D eigenvalue weighted by molar-refractivity contribution is -0.0503. The molecule has 0 aliphatic rings. The minimum atomic E-state index is -2.96. The second-order valence-electron chi connectivity index (χ2n) is 6.53. The van der Waals surface area contributed by atoms with Crippen molar-refractivity contribution in [2.45, 2.75) is 27.0 Å². The first-order chi connectivity index (χ1) is 14.1. The number of anilines is 2. The summed E-state index contributed by atoms with van der Waals surface area (Å²) in [5.41, 5.74) is 0.884. The fraction of sp³-hybridized carbons (Fsp3) is 0.200. The van der Waals surface area contributed by atoms with Gasteiger partial charge in [0.15, 0.2) is 0 Å². The molecule has 0 unspecified atom stereocenters. The van der Waals surface area contributed by atoms with Crippen molar-refractivity contribution in [1.82, 2.24) is 9.55 Å².